The molecule has 1 rings (SSSR count). The molecule has 0 spiro atoms. The largest absolute Gasteiger partial charge is 0.380 e. The van der Waals surface area contributed by atoms with Crippen LogP contribution in [0.25, 0.3) is 0 Å². The number of sulfonamides is 1. The van der Waals surface area contributed by atoms with Crippen LogP contribution >= 0.6 is 11.3 Å². The van der Waals surface area contributed by atoms with Gasteiger partial charge in [0.05, 0.1) is 11.5 Å². The number of nitrogens with two attached hydrogens (primary N) is 1. The fourth-order valence-electron chi connectivity index (χ4n) is 1.38. The Bertz CT molecular complexity index is 571. The van der Waals surface area contributed by atoms with Crippen LogP contribution in [0.15, 0.2) is 10.3 Å². The van der Waals surface area contributed by atoms with E-state index < -0.39 is 21.0 Å². The molecule has 11 heteroatoms. The smallest absolute Gasteiger partial charge is 0.306 e. The molecule has 0 amide bonds. The molecule has 0 aliphatic heterocycles. The van der Waals surface area contributed by atoms with Crippen molar-refractivity contribution in [3.63, 3.8) is 0 Å². The number of hydrazine groups is 1. The van der Waals surface area contributed by atoms with Gasteiger partial charge in [0.2, 0.25) is 0 Å². The molecular formula is C9H16N4O5S2. The van der Waals surface area contributed by atoms with Crippen molar-refractivity contribution < 1.29 is 18.1 Å². The van der Waals surface area contributed by atoms with Crippen LogP contribution in [0.4, 0.5) is 10.7 Å². The van der Waals surface area contributed by atoms with Crippen LogP contribution in [0.3, 0.4) is 0 Å². The fourth-order valence-corrected chi connectivity index (χ4v) is 3.87. The van der Waals surface area contributed by atoms with Gasteiger partial charge in [0.25, 0.3) is 10.0 Å². The van der Waals surface area contributed by atoms with Gasteiger partial charge in [-0.3, -0.25) is 10.1 Å². The fraction of sp³-hybridized carbons (Fsp3) is 0.556. The van der Waals surface area contributed by atoms with Crippen LogP contribution in [0, 0.1) is 10.1 Å². The van der Waals surface area contributed by atoms with E-state index in [0.29, 0.717) is 17.9 Å². The first kappa shape index (κ1) is 16.8. The summed E-state index contributed by atoms with van der Waals surface area (Å²) in [5.41, 5.74) is 1.74. The number of nitrogens with one attached hydrogen (secondary N) is 2. The zero-order valence-corrected chi connectivity index (χ0v) is 12.6. The lowest BCUT2D eigenvalue weighted by Crippen LogP contribution is -2.35. The van der Waals surface area contributed by atoms with Crippen LogP contribution in [-0.2, 0) is 14.8 Å². The van der Waals surface area contributed by atoms with Crippen molar-refractivity contribution >= 4 is 32.0 Å². The van der Waals surface area contributed by atoms with E-state index in [4.69, 9.17) is 10.6 Å². The van der Waals surface area contributed by atoms with Gasteiger partial charge in [-0.1, -0.05) is 11.3 Å². The van der Waals surface area contributed by atoms with Gasteiger partial charge in [-0.2, -0.15) is 0 Å². The van der Waals surface area contributed by atoms with Gasteiger partial charge in [0.15, 0.2) is 5.00 Å². The van der Waals surface area contributed by atoms with E-state index in [9.17, 15) is 18.5 Å². The van der Waals surface area contributed by atoms with Crippen molar-refractivity contribution in [3.8, 4) is 0 Å². The summed E-state index contributed by atoms with van der Waals surface area (Å²) < 4.78 is 31.4. The molecule has 0 aromatic carbocycles. The van der Waals surface area contributed by atoms with E-state index in [1.165, 1.54) is 0 Å². The topological polar surface area (TPSA) is 137 Å². The minimum absolute atomic E-state index is 0.0205. The highest BCUT2D eigenvalue weighted by atomic mass is 32.2. The highest BCUT2D eigenvalue weighted by Crippen LogP contribution is 2.36. The number of anilines is 1. The van der Waals surface area contributed by atoms with E-state index in [2.05, 4.69) is 10.1 Å². The maximum atomic E-state index is 12.1. The van der Waals surface area contributed by atoms with E-state index in [0.717, 1.165) is 6.07 Å². The van der Waals surface area contributed by atoms with Crippen LogP contribution in [0.2, 0.25) is 0 Å². The molecule has 1 aromatic rings. The molecule has 1 atom stereocenters. The summed E-state index contributed by atoms with van der Waals surface area (Å²) in [6, 6.07) is 0.519. The number of nitrogens with zero attached hydrogens (tertiary/aromatic N) is 1. The second-order valence-corrected chi connectivity index (χ2v) is 6.86. The Morgan fingerprint density at radius 3 is 2.70 bits per heavy atom. The molecule has 0 bridgehead atoms. The van der Waals surface area contributed by atoms with Gasteiger partial charge in [-0.25, -0.2) is 19.0 Å². The van der Waals surface area contributed by atoms with Crippen molar-refractivity contribution in [1.82, 2.24) is 4.72 Å². The molecule has 1 heterocycles. The molecule has 1 aromatic heterocycles. The minimum atomic E-state index is -3.85. The van der Waals surface area contributed by atoms with Gasteiger partial charge in [-0.05, 0) is 13.8 Å². The van der Waals surface area contributed by atoms with Crippen molar-refractivity contribution in [2.75, 3.05) is 18.6 Å². The third-order valence-electron chi connectivity index (χ3n) is 2.21. The molecule has 4 N–H and O–H groups in total. The van der Waals surface area contributed by atoms with Crippen LogP contribution in [0.1, 0.15) is 13.8 Å². The molecule has 0 fully saturated rings. The van der Waals surface area contributed by atoms with Crippen LogP contribution in [-0.4, -0.2) is 32.6 Å². The third-order valence-corrected chi connectivity index (χ3v) is 5.33. The minimum Gasteiger partial charge on any atom is -0.380 e. The number of nitrogen functional groups attached to an aromatic ring is 1. The number of hydrogen-bond donors (Lipinski definition) is 3. The predicted octanol–water partition coefficient (Wildman–Crippen LogP) is 0.645. The summed E-state index contributed by atoms with van der Waals surface area (Å²) in [5, 5.41) is 10.7. The lowest BCUT2D eigenvalue weighted by molar-refractivity contribution is -0.383. The van der Waals surface area contributed by atoms with Crippen LogP contribution < -0.4 is 16.0 Å². The summed E-state index contributed by atoms with van der Waals surface area (Å²) >= 11 is 0.692. The molecule has 0 aliphatic carbocycles. The highest BCUT2D eigenvalue weighted by molar-refractivity contribution is 7.91. The van der Waals surface area contributed by atoms with Gasteiger partial charge in [0, 0.05) is 18.7 Å². The van der Waals surface area contributed by atoms with E-state index in [1.807, 2.05) is 0 Å². The molecule has 1 unspecified atom stereocenters. The summed E-state index contributed by atoms with van der Waals surface area (Å²) in [6.07, 6.45) is 0. The number of hydrogen-bond acceptors (Lipinski definition) is 8. The first-order valence-electron chi connectivity index (χ1n) is 5.66. The molecule has 114 valence electrons. The molecule has 0 radical (unpaired) electrons. The Morgan fingerprint density at radius 1 is 1.60 bits per heavy atom. The van der Waals surface area contributed by atoms with Gasteiger partial charge in [-0.15, -0.1) is 0 Å². The van der Waals surface area contributed by atoms with Crippen molar-refractivity contribution in [1.29, 1.82) is 0 Å². The Morgan fingerprint density at radius 2 is 2.25 bits per heavy atom. The van der Waals surface area contributed by atoms with Gasteiger partial charge in [0.1, 0.15) is 4.21 Å². The zero-order chi connectivity index (χ0) is 15.3. The maximum absolute atomic E-state index is 12.1. The normalized spacial score (nSPS) is 13.2. The Hall–Kier alpha value is -1.27. The van der Waals surface area contributed by atoms with Crippen molar-refractivity contribution in [2.45, 2.75) is 24.1 Å². The monoisotopic (exact) mass is 324 g/mol. The molecule has 0 saturated heterocycles. The molecular weight excluding hydrogens is 308 g/mol. The molecule has 9 nitrogen and oxygen atoms in total. The van der Waals surface area contributed by atoms with Crippen molar-refractivity contribution in [2.24, 2.45) is 5.84 Å². The third kappa shape index (κ3) is 4.11. The maximum Gasteiger partial charge on any atom is 0.306 e. The summed E-state index contributed by atoms with van der Waals surface area (Å²) in [5.74, 6) is 5.13. The quantitative estimate of drug-likeness (QED) is 0.362. The Kier molecular flexibility index (Phi) is 5.83. The summed E-state index contributed by atoms with van der Waals surface area (Å²) in [7, 11) is -3.85. The van der Waals surface area contributed by atoms with Crippen molar-refractivity contribution in [3.05, 3.63) is 16.2 Å². The summed E-state index contributed by atoms with van der Waals surface area (Å²) in [6.45, 7) is 4.11. The lowest BCUT2D eigenvalue weighted by Gasteiger charge is -2.12. The SMILES string of the molecule is CCOCC(C)NS(=O)(=O)c1cc([N+](=O)[O-])c(NN)s1. The average molecular weight is 324 g/mol. The van der Waals surface area contributed by atoms with E-state index in [-0.39, 0.29) is 21.5 Å². The van der Waals surface area contributed by atoms with Crippen LogP contribution in [0.5, 0.6) is 0 Å². The number of thiophene rings is 1. The number of rotatable bonds is 8. The number of nitro groups is 1. The Balaban J connectivity index is 2.95. The molecule has 0 saturated carbocycles. The van der Waals surface area contributed by atoms with Gasteiger partial charge >= 0.3 is 5.69 Å². The lowest BCUT2D eigenvalue weighted by atomic mass is 10.4. The first-order valence-corrected chi connectivity index (χ1v) is 7.96. The predicted molar refractivity (Wildman–Crippen MR) is 75.1 cm³/mol. The van der Waals surface area contributed by atoms with E-state index in [1.54, 1.807) is 13.8 Å². The highest BCUT2D eigenvalue weighted by Gasteiger charge is 2.26. The number of ether oxygens (including phenoxy) is 1. The zero-order valence-electron chi connectivity index (χ0n) is 11.0. The van der Waals surface area contributed by atoms with E-state index >= 15 is 0 Å². The summed E-state index contributed by atoms with van der Waals surface area (Å²) in [4.78, 5) is 10.1. The Labute approximate surface area is 120 Å². The first-order chi connectivity index (χ1) is 9.31. The molecule has 20 heavy (non-hydrogen) atoms. The molecule has 0 aliphatic rings. The second kappa shape index (κ2) is 6.95. The average Bonchev–Trinajstić information content (AvgIpc) is 2.80. The van der Waals surface area contributed by atoms with Gasteiger partial charge < -0.3 is 10.2 Å². The second-order valence-electron chi connectivity index (χ2n) is 3.86. The standard InChI is InChI=1S/C9H16N4O5S2/c1-3-18-5-6(2)12-20(16,17)8-4-7(13(14)15)9(11-10)19-8/h4,6,11-12H,3,5,10H2,1-2H3.